The van der Waals surface area contributed by atoms with Crippen molar-refractivity contribution in [3.63, 3.8) is 0 Å². The molecular weight excluding hydrogens is 102 g/mol. The van der Waals surface area contributed by atoms with Gasteiger partial charge < -0.3 is 10.4 Å². The first-order chi connectivity index (χ1) is 3.77. The summed E-state index contributed by atoms with van der Waals surface area (Å²) in [6.45, 7) is 5.09. The summed E-state index contributed by atoms with van der Waals surface area (Å²) in [6, 6.07) is 0. The molecule has 0 aromatic rings. The van der Waals surface area contributed by atoms with Gasteiger partial charge in [-0.2, -0.15) is 0 Å². The molecule has 1 rings (SSSR count). The summed E-state index contributed by atoms with van der Waals surface area (Å²) < 4.78 is 0. The fraction of sp³-hybridized carbons (Fsp3) is 0.667. The molecule has 8 heavy (non-hydrogen) atoms. The number of β-amino-alcohol motifs (C(OH)–C–C–N with tert-alkyl or cyclic N) is 1. The standard InChI is InChI=1S/C6H11NO/c1-2-6(8)3-4-7-5-6/h2,7-8H,1,3-5H2/t6-/m1/s1. The van der Waals surface area contributed by atoms with E-state index in [4.69, 9.17) is 0 Å². The Hall–Kier alpha value is -0.340. The molecule has 0 amide bonds. The molecular formula is C6H11NO. The lowest BCUT2D eigenvalue weighted by Gasteiger charge is -2.13. The predicted molar refractivity (Wildman–Crippen MR) is 32.6 cm³/mol. The van der Waals surface area contributed by atoms with Gasteiger partial charge in [0.05, 0.1) is 5.60 Å². The summed E-state index contributed by atoms with van der Waals surface area (Å²) in [7, 11) is 0. The van der Waals surface area contributed by atoms with E-state index in [2.05, 4.69) is 11.9 Å². The number of rotatable bonds is 1. The molecule has 1 aliphatic heterocycles. The van der Waals surface area contributed by atoms with Gasteiger partial charge in [-0.1, -0.05) is 6.08 Å². The normalized spacial score (nSPS) is 37.6. The smallest absolute Gasteiger partial charge is 0.0960 e. The molecule has 0 unspecified atom stereocenters. The van der Waals surface area contributed by atoms with Gasteiger partial charge in [0.2, 0.25) is 0 Å². The van der Waals surface area contributed by atoms with E-state index in [0.717, 1.165) is 13.0 Å². The summed E-state index contributed by atoms with van der Waals surface area (Å²) >= 11 is 0. The summed E-state index contributed by atoms with van der Waals surface area (Å²) in [5.74, 6) is 0. The molecule has 1 saturated heterocycles. The maximum absolute atomic E-state index is 9.32. The Morgan fingerprint density at radius 1 is 1.75 bits per heavy atom. The lowest BCUT2D eigenvalue weighted by Crippen LogP contribution is -2.27. The van der Waals surface area contributed by atoms with Crippen LogP contribution < -0.4 is 5.32 Å². The molecule has 2 N–H and O–H groups in total. The van der Waals surface area contributed by atoms with E-state index < -0.39 is 5.60 Å². The van der Waals surface area contributed by atoms with Crippen LogP contribution in [0.15, 0.2) is 12.7 Å². The Balaban J connectivity index is 2.52. The second kappa shape index (κ2) is 1.88. The highest BCUT2D eigenvalue weighted by Gasteiger charge is 2.26. The van der Waals surface area contributed by atoms with E-state index in [1.165, 1.54) is 0 Å². The maximum Gasteiger partial charge on any atom is 0.0960 e. The SMILES string of the molecule is C=C[C@@]1(O)CCNC1. The highest BCUT2D eigenvalue weighted by atomic mass is 16.3. The predicted octanol–water partition coefficient (Wildman–Crippen LogP) is -0.103. The first kappa shape index (κ1) is 5.79. The highest BCUT2D eigenvalue weighted by Crippen LogP contribution is 2.13. The third-order valence-corrected chi connectivity index (χ3v) is 1.55. The fourth-order valence-corrected chi connectivity index (χ4v) is 0.872. The summed E-state index contributed by atoms with van der Waals surface area (Å²) in [5.41, 5.74) is -0.611. The fourth-order valence-electron chi connectivity index (χ4n) is 0.872. The van der Waals surface area contributed by atoms with Crippen molar-refractivity contribution in [3.05, 3.63) is 12.7 Å². The molecule has 0 saturated carbocycles. The third kappa shape index (κ3) is 0.904. The first-order valence-corrected chi connectivity index (χ1v) is 2.83. The van der Waals surface area contributed by atoms with Gasteiger partial charge in [-0.25, -0.2) is 0 Å². The molecule has 0 bridgehead atoms. The van der Waals surface area contributed by atoms with Crippen LogP contribution in [0.2, 0.25) is 0 Å². The van der Waals surface area contributed by atoms with Gasteiger partial charge in [0.25, 0.3) is 0 Å². The molecule has 46 valence electrons. The number of hydrogen-bond donors (Lipinski definition) is 2. The van der Waals surface area contributed by atoms with Gasteiger partial charge in [0.1, 0.15) is 0 Å². The van der Waals surface area contributed by atoms with E-state index in [-0.39, 0.29) is 0 Å². The molecule has 0 aromatic heterocycles. The summed E-state index contributed by atoms with van der Waals surface area (Å²) in [6.07, 6.45) is 2.41. The van der Waals surface area contributed by atoms with E-state index in [9.17, 15) is 5.11 Å². The molecule has 2 heteroatoms. The minimum Gasteiger partial charge on any atom is -0.384 e. The van der Waals surface area contributed by atoms with Crippen molar-refractivity contribution in [1.82, 2.24) is 5.32 Å². The van der Waals surface area contributed by atoms with Gasteiger partial charge in [-0.3, -0.25) is 0 Å². The van der Waals surface area contributed by atoms with Gasteiger partial charge in [0.15, 0.2) is 0 Å². The third-order valence-electron chi connectivity index (χ3n) is 1.55. The number of nitrogens with one attached hydrogen (secondary N) is 1. The molecule has 0 radical (unpaired) electrons. The quantitative estimate of drug-likeness (QED) is 0.465. The zero-order valence-corrected chi connectivity index (χ0v) is 4.85. The lowest BCUT2D eigenvalue weighted by molar-refractivity contribution is 0.114. The minimum absolute atomic E-state index is 0.611. The van der Waals surface area contributed by atoms with Crippen LogP contribution in [-0.2, 0) is 0 Å². The maximum atomic E-state index is 9.32. The van der Waals surface area contributed by atoms with Crippen molar-refractivity contribution in [2.45, 2.75) is 12.0 Å². The molecule has 0 aliphatic carbocycles. The van der Waals surface area contributed by atoms with Crippen molar-refractivity contribution in [2.24, 2.45) is 0 Å². The zero-order valence-electron chi connectivity index (χ0n) is 4.85. The Bertz CT molecular complexity index is 94.7. The Morgan fingerprint density at radius 3 is 2.75 bits per heavy atom. The van der Waals surface area contributed by atoms with Crippen LogP contribution in [0.3, 0.4) is 0 Å². The van der Waals surface area contributed by atoms with Gasteiger partial charge >= 0.3 is 0 Å². The van der Waals surface area contributed by atoms with Gasteiger partial charge in [-0.05, 0) is 13.0 Å². The van der Waals surface area contributed by atoms with Crippen LogP contribution in [0, 0.1) is 0 Å². The van der Waals surface area contributed by atoms with Crippen molar-refractivity contribution >= 4 is 0 Å². The average molecular weight is 113 g/mol. The zero-order chi connectivity index (χ0) is 6.04. The highest BCUT2D eigenvalue weighted by molar-refractivity contribution is 5.01. The molecule has 0 spiro atoms. The second-order valence-corrected chi connectivity index (χ2v) is 2.23. The van der Waals surface area contributed by atoms with Crippen LogP contribution in [0.1, 0.15) is 6.42 Å². The van der Waals surface area contributed by atoms with Crippen LogP contribution in [0.25, 0.3) is 0 Å². The largest absolute Gasteiger partial charge is 0.384 e. The van der Waals surface area contributed by atoms with E-state index in [1.807, 2.05) is 0 Å². The Morgan fingerprint density at radius 2 is 2.50 bits per heavy atom. The Kier molecular flexibility index (Phi) is 1.36. The van der Waals surface area contributed by atoms with E-state index >= 15 is 0 Å². The molecule has 2 nitrogen and oxygen atoms in total. The van der Waals surface area contributed by atoms with Crippen molar-refractivity contribution in [1.29, 1.82) is 0 Å². The summed E-state index contributed by atoms with van der Waals surface area (Å²) in [5, 5.41) is 12.4. The molecule has 1 aliphatic rings. The topological polar surface area (TPSA) is 32.3 Å². The number of aliphatic hydroxyl groups is 1. The lowest BCUT2D eigenvalue weighted by atomic mass is 10.1. The van der Waals surface area contributed by atoms with Crippen LogP contribution in [0.5, 0.6) is 0 Å². The Labute approximate surface area is 49.2 Å². The molecule has 1 atom stereocenters. The molecule has 0 aromatic carbocycles. The van der Waals surface area contributed by atoms with E-state index in [1.54, 1.807) is 6.08 Å². The van der Waals surface area contributed by atoms with Gasteiger partial charge in [-0.15, -0.1) is 6.58 Å². The van der Waals surface area contributed by atoms with Gasteiger partial charge in [0, 0.05) is 6.54 Å². The minimum atomic E-state index is -0.611. The number of hydrogen-bond acceptors (Lipinski definition) is 2. The van der Waals surface area contributed by atoms with E-state index in [0.29, 0.717) is 6.54 Å². The van der Waals surface area contributed by atoms with Crippen molar-refractivity contribution in [3.8, 4) is 0 Å². The van der Waals surface area contributed by atoms with Crippen molar-refractivity contribution in [2.75, 3.05) is 13.1 Å². The van der Waals surface area contributed by atoms with Crippen LogP contribution >= 0.6 is 0 Å². The first-order valence-electron chi connectivity index (χ1n) is 2.83. The van der Waals surface area contributed by atoms with Crippen molar-refractivity contribution < 1.29 is 5.11 Å². The van der Waals surface area contributed by atoms with Crippen LogP contribution in [0.4, 0.5) is 0 Å². The van der Waals surface area contributed by atoms with Crippen LogP contribution in [-0.4, -0.2) is 23.8 Å². The average Bonchev–Trinajstić information content (AvgIpc) is 2.17. The monoisotopic (exact) mass is 113 g/mol. The molecule has 1 fully saturated rings. The summed E-state index contributed by atoms with van der Waals surface area (Å²) in [4.78, 5) is 0. The molecule has 1 heterocycles. The second-order valence-electron chi connectivity index (χ2n) is 2.23.